The van der Waals surface area contributed by atoms with Crippen molar-refractivity contribution in [2.45, 2.75) is 44.3 Å². The number of methoxy groups -OCH3 is 2. The number of nitrogens with zero attached hydrogens (tertiary/aromatic N) is 6. The molecule has 10 heteroatoms. The Kier molecular flexibility index (Phi) is 5.98. The maximum absolute atomic E-state index is 13.7. The minimum Gasteiger partial charge on any atom is -0.494 e. The number of likely N-dealkylation sites (tertiary alicyclic amines) is 1. The first-order valence-corrected chi connectivity index (χ1v) is 15.1. The van der Waals surface area contributed by atoms with Crippen molar-refractivity contribution in [3.05, 3.63) is 54.2 Å². The molecule has 5 aromatic rings. The highest BCUT2D eigenvalue weighted by Crippen LogP contribution is 2.40. The molecule has 1 saturated heterocycles. The Morgan fingerprint density at radius 1 is 1.02 bits per heavy atom. The van der Waals surface area contributed by atoms with Crippen molar-refractivity contribution >= 4 is 28.0 Å². The summed E-state index contributed by atoms with van der Waals surface area (Å²) in [6, 6.07) is 14.1. The normalized spacial score (nSPS) is 21.3. The zero-order valence-corrected chi connectivity index (χ0v) is 24.7. The van der Waals surface area contributed by atoms with Crippen LogP contribution in [0.2, 0.25) is 0 Å². The van der Waals surface area contributed by atoms with E-state index in [1.807, 2.05) is 42.3 Å². The highest BCUT2D eigenvalue weighted by molar-refractivity contribution is 6.00. The van der Waals surface area contributed by atoms with Gasteiger partial charge in [0.25, 0.3) is 5.91 Å². The molecule has 4 aromatic heterocycles. The fourth-order valence-electron chi connectivity index (χ4n) is 7.14. The molecule has 2 aliphatic carbocycles. The molecule has 0 spiro atoms. The standard InChI is InChI=1S/C33H35N7O3/c1-38-30-24(12-22(14-27(30)42-2)33(41)40-17-21-7-10-25(40)29(21)34)37-32(38)26-13-19-6-9-23(20-8-11-28(43-3)35-15-20)36-31(19)39(26)16-18-4-5-18/h6,8-9,11-15,18,21,25,29H,4-5,7,10,16-17,34H2,1-3H3. The van der Waals surface area contributed by atoms with Crippen LogP contribution in [-0.2, 0) is 13.6 Å². The Balaban J connectivity index is 1.23. The molecule has 10 nitrogen and oxygen atoms in total. The molecule has 5 heterocycles. The first kappa shape index (κ1) is 26.2. The van der Waals surface area contributed by atoms with Crippen LogP contribution < -0.4 is 15.2 Å². The topological polar surface area (TPSA) is 113 Å². The number of aromatic nitrogens is 5. The van der Waals surface area contributed by atoms with Gasteiger partial charge in [-0.1, -0.05) is 0 Å². The van der Waals surface area contributed by atoms with E-state index in [1.165, 1.54) is 12.8 Å². The molecular formula is C33H35N7O3. The Hall–Kier alpha value is -4.44. The quantitative estimate of drug-likeness (QED) is 0.300. The lowest BCUT2D eigenvalue weighted by atomic mass is 10.1. The second kappa shape index (κ2) is 9.80. The second-order valence-corrected chi connectivity index (χ2v) is 12.3. The van der Waals surface area contributed by atoms with Crippen molar-refractivity contribution < 1.29 is 14.3 Å². The third-order valence-corrected chi connectivity index (χ3v) is 9.67. The number of hydrogen-bond acceptors (Lipinski definition) is 7. The maximum atomic E-state index is 13.7. The number of ether oxygens (including phenoxy) is 2. The smallest absolute Gasteiger partial charge is 0.254 e. The number of aryl methyl sites for hydroxylation is 1. The first-order valence-electron chi connectivity index (χ1n) is 15.1. The monoisotopic (exact) mass is 577 g/mol. The number of nitrogens with two attached hydrogens (primary N) is 1. The summed E-state index contributed by atoms with van der Waals surface area (Å²) in [6.45, 7) is 1.60. The van der Waals surface area contributed by atoms with Gasteiger partial charge in [0.2, 0.25) is 5.88 Å². The zero-order valence-electron chi connectivity index (χ0n) is 24.7. The van der Waals surface area contributed by atoms with E-state index in [1.54, 1.807) is 20.4 Å². The van der Waals surface area contributed by atoms with Crippen molar-refractivity contribution in [1.29, 1.82) is 0 Å². The molecule has 1 amide bonds. The van der Waals surface area contributed by atoms with Gasteiger partial charge < -0.3 is 29.2 Å². The summed E-state index contributed by atoms with van der Waals surface area (Å²) in [6.07, 6.45) is 6.29. The Morgan fingerprint density at radius 3 is 2.56 bits per heavy atom. The Bertz CT molecular complexity index is 1890. The summed E-state index contributed by atoms with van der Waals surface area (Å²) in [4.78, 5) is 30.3. The van der Waals surface area contributed by atoms with E-state index < -0.39 is 0 Å². The van der Waals surface area contributed by atoms with Crippen LogP contribution in [-0.4, -0.2) is 67.7 Å². The number of carbonyl (C=O) groups excluding carboxylic acids is 1. The van der Waals surface area contributed by atoms with Gasteiger partial charge in [0.05, 0.1) is 31.1 Å². The molecule has 3 aliphatic rings. The van der Waals surface area contributed by atoms with Gasteiger partial charge in [0.1, 0.15) is 16.9 Å². The second-order valence-electron chi connectivity index (χ2n) is 12.3. The largest absolute Gasteiger partial charge is 0.494 e. The van der Waals surface area contributed by atoms with Crippen LogP contribution in [0, 0.1) is 11.8 Å². The van der Waals surface area contributed by atoms with Gasteiger partial charge in [-0.15, -0.1) is 0 Å². The number of fused-ring (bicyclic) bond motifs is 4. The number of rotatable bonds is 7. The molecule has 2 saturated carbocycles. The van der Waals surface area contributed by atoms with Gasteiger partial charge in [-0.05, 0) is 73.9 Å². The average molecular weight is 578 g/mol. The average Bonchev–Trinajstić information content (AvgIpc) is 3.44. The van der Waals surface area contributed by atoms with E-state index in [0.717, 1.165) is 70.8 Å². The molecule has 43 heavy (non-hydrogen) atoms. The van der Waals surface area contributed by atoms with Gasteiger partial charge in [0, 0.05) is 61.0 Å². The number of pyridine rings is 2. The van der Waals surface area contributed by atoms with E-state index in [4.69, 9.17) is 25.2 Å². The lowest BCUT2D eigenvalue weighted by Gasteiger charge is -2.27. The third kappa shape index (κ3) is 4.18. The van der Waals surface area contributed by atoms with Gasteiger partial charge in [-0.3, -0.25) is 4.79 Å². The number of hydrogen-bond donors (Lipinski definition) is 1. The minimum absolute atomic E-state index is 0.00245. The highest BCUT2D eigenvalue weighted by Gasteiger charge is 2.47. The van der Waals surface area contributed by atoms with E-state index in [-0.39, 0.29) is 18.0 Å². The minimum atomic E-state index is 0.00245. The molecule has 8 rings (SSSR count). The van der Waals surface area contributed by atoms with Crippen LogP contribution in [0.15, 0.2) is 48.7 Å². The van der Waals surface area contributed by atoms with Crippen LogP contribution in [0.5, 0.6) is 11.6 Å². The molecular weight excluding hydrogens is 542 g/mol. The zero-order chi connectivity index (χ0) is 29.4. The number of imidazole rings is 1. The predicted octanol–water partition coefficient (Wildman–Crippen LogP) is 4.64. The van der Waals surface area contributed by atoms with Gasteiger partial charge in [0.15, 0.2) is 5.82 Å². The molecule has 220 valence electrons. The highest BCUT2D eigenvalue weighted by atomic mass is 16.5. The van der Waals surface area contributed by atoms with Crippen LogP contribution in [0.1, 0.15) is 36.0 Å². The van der Waals surface area contributed by atoms with Crippen LogP contribution >= 0.6 is 0 Å². The number of piperidine rings is 1. The molecule has 1 aliphatic heterocycles. The van der Waals surface area contributed by atoms with Crippen LogP contribution in [0.3, 0.4) is 0 Å². The number of amides is 1. The van der Waals surface area contributed by atoms with Crippen molar-refractivity contribution in [2.75, 3.05) is 20.8 Å². The molecule has 2 N–H and O–H groups in total. The fraction of sp³-hybridized carbons (Fsp3) is 0.394. The van der Waals surface area contributed by atoms with E-state index >= 15 is 0 Å². The molecule has 0 radical (unpaired) electrons. The van der Waals surface area contributed by atoms with Crippen molar-refractivity contribution in [2.24, 2.45) is 24.6 Å². The summed E-state index contributed by atoms with van der Waals surface area (Å²) < 4.78 is 15.5. The molecule has 3 fully saturated rings. The van der Waals surface area contributed by atoms with E-state index in [2.05, 4.69) is 26.3 Å². The summed E-state index contributed by atoms with van der Waals surface area (Å²) in [7, 11) is 5.27. The summed E-state index contributed by atoms with van der Waals surface area (Å²) >= 11 is 0. The predicted molar refractivity (Wildman–Crippen MR) is 164 cm³/mol. The maximum Gasteiger partial charge on any atom is 0.254 e. The van der Waals surface area contributed by atoms with Crippen molar-refractivity contribution in [3.8, 4) is 34.4 Å². The van der Waals surface area contributed by atoms with Gasteiger partial charge >= 0.3 is 0 Å². The van der Waals surface area contributed by atoms with Crippen LogP contribution in [0.25, 0.3) is 44.8 Å². The Morgan fingerprint density at radius 2 is 1.88 bits per heavy atom. The SMILES string of the molecule is COc1ccc(-c2ccc3cc(-c4nc5cc(C(=O)N6CC7CCC6C7N)cc(OC)c5n4C)n(CC4CC4)c3n2)cn1. The van der Waals surface area contributed by atoms with Crippen molar-refractivity contribution in [1.82, 2.24) is 29.0 Å². The van der Waals surface area contributed by atoms with Gasteiger partial charge in [-0.25, -0.2) is 15.0 Å². The summed E-state index contributed by atoms with van der Waals surface area (Å²) in [5.41, 5.74) is 12.3. The molecule has 2 bridgehead atoms. The molecule has 3 atom stereocenters. The summed E-state index contributed by atoms with van der Waals surface area (Å²) in [5.74, 6) is 3.03. The first-order chi connectivity index (χ1) is 20.9. The summed E-state index contributed by atoms with van der Waals surface area (Å²) in [5, 5.41) is 1.05. The van der Waals surface area contributed by atoms with E-state index in [0.29, 0.717) is 29.0 Å². The van der Waals surface area contributed by atoms with Crippen LogP contribution in [0.4, 0.5) is 0 Å². The number of carbonyl (C=O) groups is 1. The fourth-order valence-corrected chi connectivity index (χ4v) is 7.14. The molecule has 1 aromatic carbocycles. The number of benzene rings is 1. The lowest BCUT2D eigenvalue weighted by molar-refractivity contribution is 0.0700. The Labute approximate surface area is 249 Å². The third-order valence-electron chi connectivity index (χ3n) is 9.67. The van der Waals surface area contributed by atoms with E-state index in [9.17, 15) is 4.79 Å². The van der Waals surface area contributed by atoms with Gasteiger partial charge in [-0.2, -0.15) is 0 Å². The van der Waals surface area contributed by atoms with Crippen molar-refractivity contribution in [3.63, 3.8) is 0 Å². The molecule has 3 unspecified atom stereocenters. The lowest BCUT2D eigenvalue weighted by Crippen LogP contribution is -2.41.